The van der Waals surface area contributed by atoms with Crippen LogP contribution in [-0.4, -0.2) is 88.9 Å². The summed E-state index contributed by atoms with van der Waals surface area (Å²) >= 11 is 6.87. The predicted molar refractivity (Wildman–Crippen MR) is 198 cm³/mol. The number of halogens is 1. The fourth-order valence-corrected chi connectivity index (χ4v) is 6.73. The quantitative estimate of drug-likeness (QED) is 0.135. The van der Waals surface area contributed by atoms with Gasteiger partial charge in [-0.3, -0.25) is 20.0 Å². The molecular weight excluding hydrogens is 684 g/mol. The summed E-state index contributed by atoms with van der Waals surface area (Å²) in [5, 5.41) is 42.0. The van der Waals surface area contributed by atoms with Gasteiger partial charge in [-0.15, -0.1) is 0 Å². The van der Waals surface area contributed by atoms with Gasteiger partial charge in [0.15, 0.2) is 0 Å². The highest BCUT2D eigenvalue weighted by molar-refractivity contribution is 6.32. The van der Waals surface area contributed by atoms with Crippen molar-refractivity contribution in [3.8, 4) is 17.6 Å². The minimum absolute atomic E-state index is 0.0159. The van der Waals surface area contributed by atoms with E-state index in [0.29, 0.717) is 59.5 Å². The van der Waals surface area contributed by atoms with Gasteiger partial charge in [-0.2, -0.15) is 5.26 Å². The fourth-order valence-electron chi connectivity index (χ4n) is 6.49. The van der Waals surface area contributed by atoms with Gasteiger partial charge < -0.3 is 29.5 Å². The number of aromatic nitrogens is 1. The number of carboxylic acid groups (broad SMARTS) is 1. The number of nitrogens with one attached hydrogen (secondary N) is 1. The molecule has 0 saturated carbocycles. The Morgan fingerprint density at radius 3 is 2.63 bits per heavy atom. The van der Waals surface area contributed by atoms with E-state index >= 15 is 0 Å². The number of likely N-dealkylation sites (tertiary alicyclic amines) is 1. The zero-order valence-electron chi connectivity index (χ0n) is 29.8. The average Bonchev–Trinajstić information content (AvgIpc) is 3.56. The molecule has 2 heterocycles. The first-order chi connectivity index (χ1) is 24.9. The molecule has 1 fully saturated rings. The van der Waals surface area contributed by atoms with Crippen molar-refractivity contribution >= 4 is 23.1 Å². The van der Waals surface area contributed by atoms with Gasteiger partial charge >= 0.3 is 5.97 Å². The number of rotatable bonds is 17. The molecule has 52 heavy (non-hydrogen) atoms. The Labute approximate surface area is 310 Å². The molecule has 2 unspecified atom stereocenters. The van der Waals surface area contributed by atoms with Crippen LogP contribution in [0.1, 0.15) is 49.4 Å². The lowest BCUT2D eigenvalue weighted by atomic mass is 9.59. The molecule has 12 heteroatoms. The molecule has 2 aliphatic rings. The number of hydrogen-bond donors (Lipinski definition) is 4. The lowest BCUT2D eigenvalue weighted by Gasteiger charge is -2.48. The Morgan fingerprint density at radius 1 is 1.15 bits per heavy atom. The third-order valence-electron chi connectivity index (χ3n) is 10.2. The predicted octanol–water partition coefficient (Wildman–Crippen LogP) is 5.24. The Bertz CT molecular complexity index is 1810. The van der Waals surface area contributed by atoms with Crippen molar-refractivity contribution in [3.05, 3.63) is 106 Å². The molecular formula is C40H47ClN4O7. The second-order valence-corrected chi connectivity index (χ2v) is 14.6. The molecule has 3 aromatic rings. The van der Waals surface area contributed by atoms with E-state index in [4.69, 9.17) is 25.8 Å². The van der Waals surface area contributed by atoms with Gasteiger partial charge in [0, 0.05) is 61.2 Å². The summed E-state index contributed by atoms with van der Waals surface area (Å²) in [4.78, 5) is 18.2. The summed E-state index contributed by atoms with van der Waals surface area (Å²) in [5.41, 5.74) is 1.15. The Balaban J connectivity index is 1.42. The Hall–Kier alpha value is -4.28. The summed E-state index contributed by atoms with van der Waals surface area (Å²) in [5.74, 6) is -0.472. The minimum Gasteiger partial charge on any atom is -0.491 e. The summed E-state index contributed by atoms with van der Waals surface area (Å²) < 4.78 is 19.3. The molecule has 2 aromatic carbocycles. The van der Waals surface area contributed by atoms with Crippen molar-refractivity contribution in [3.63, 3.8) is 0 Å². The molecule has 11 nitrogen and oxygen atoms in total. The molecule has 0 radical (unpaired) electrons. The molecule has 3 atom stereocenters. The first kappa shape index (κ1) is 38.9. The maximum absolute atomic E-state index is 11.9. The van der Waals surface area contributed by atoms with E-state index < -0.39 is 28.9 Å². The van der Waals surface area contributed by atoms with Gasteiger partial charge in [-0.05, 0) is 36.6 Å². The third-order valence-corrected chi connectivity index (χ3v) is 10.5. The van der Waals surface area contributed by atoms with E-state index in [0.717, 1.165) is 24.1 Å². The number of carbonyl (C=O) groups is 1. The zero-order chi connectivity index (χ0) is 37.4. The van der Waals surface area contributed by atoms with Crippen molar-refractivity contribution in [2.75, 3.05) is 46.1 Å². The summed E-state index contributed by atoms with van der Waals surface area (Å²) in [6, 6.07) is 17.3. The van der Waals surface area contributed by atoms with Crippen LogP contribution in [0.5, 0.6) is 11.5 Å². The van der Waals surface area contributed by atoms with E-state index in [2.05, 4.69) is 59.4 Å². The number of ether oxygens (including phenoxy) is 3. The number of nitrogens with zero attached hydrogens (tertiary/aromatic N) is 3. The van der Waals surface area contributed by atoms with Crippen molar-refractivity contribution in [2.24, 2.45) is 10.8 Å². The number of hydrogen-bond acceptors (Lipinski definition) is 10. The van der Waals surface area contributed by atoms with Crippen LogP contribution in [-0.2, 0) is 22.7 Å². The SMILES string of the molecule is CC(CO)(NCc1cc(Cl)c(OCC2(COCCN3CC[C@@H](O)C3)C=CC=C(c3ccccc3)C2(C)C)cc1OCc1cncc(C#N)c1)C(=O)O. The molecule has 276 valence electrons. The molecule has 0 amide bonds. The van der Waals surface area contributed by atoms with Gasteiger partial charge in [-0.25, -0.2) is 0 Å². The molecule has 1 aromatic heterocycles. The lowest BCUT2D eigenvalue weighted by molar-refractivity contribution is -0.145. The normalized spacial score (nSPS) is 20.9. The van der Waals surface area contributed by atoms with Gasteiger partial charge in [-0.1, -0.05) is 74.0 Å². The second-order valence-electron chi connectivity index (χ2n) is 14.2. The number of benzene rings is 2. The number of β-amino-alcohol motifs (C(OH)–C–C–N with tert-alkyl or cyclic N) is 1. The molecule has 0 bridgehead atoms. The van der Waals surface area contributed by atoms with Crippen LogP contribution in [0.2, 0.25) is 5.02 Å². The van der Waals surface area contributed by atoms with E-state index in [1.165, 1.54) is 13.1 Å². The van der Waals surface area contributed by atoms with Crippen molar-refractivity contribution in [1.82, 2.24) is 15.2 Å². The molecule has 1 aliphatic carbocycles. The number of aliphatic hydroxyl groups excluding tert-OH is 2. The first-order valence-corrected chi connectivity index (χ1v) is 17.7. The van der Waals surface area contributed by atoms with Gasteiger partial charge in [0.05, 0.1) is 41.9 Å². The monoisotopic (exact) mass is 730 g/mol. The zero-order valence-corrected chi connectivity index (χ0v) is 30.6. The largest absolute Gasteiger partial charge is 0.491 e. The minimum atomic E-state index is -1.60. The van der Waals surface area contributed by atoms with Crippen molar-refractivity contribution in [1.29, 1.82) is 5.26 Å². The van der Waals surface area contributed by atoms with Gasteiger partial charge in [0.1, 0.15) is 36.3 Å². The van der Waals surface area contributed by atoms with Gasteiger partial charge in [0.25, 0.3) is 0 Å². The molecule has 1 aliphatic heterocycles. The summed E-state index contributed by atoms with van der Waals surface area (Å²) in [6.07, 6.45) is 9.85. The number of aliphatic carboxylic acids is 1. The number of carboxylic acids is 1. The highest BCUT2D eigenvalue weighted by atomic mass is 35.5. The average molecular weight is 731 g/mol. The van der Waals surface area contributed by atoms with Gasteiger partial charge in [0.2, 0.25) is 0 Å². The summed E-state index contributed by atoms with van der Waals surface area (Å²) in [7, 11) is 0. The maximum atomic E-state index is 11.9. The standard InChI is InChI=1S/C40H47ClN4O7/c1-38(2)33(30-8-5-4-6-9-30)10-7-12-40(38,26-50-15-14-45-13-11-32(47)23-45)27-52-36-18-35(51-24-29-16-28(19-42)20-43-21-29)31(17-34(36)41)22-44-39(3,25-46)37(48)49/h4-10,12,16-18,20-21,32,44,46-47H,11,13-15,22-27H2,1-3H3,(H,48,49)/t32-,39?,40?/m1/s1. The smallest absolute Gasteiger partial charge is 0.326 e. The molecule has 1 saturated heterocycles. The first-order valence-electron chi connectivity index (χ1n) is 17.3. The Morgan fingerprint density at radius 2 is 1.94 bits per heavy atom. The van der Waals surface area contributed by atoms with Crippen molar-refractivity contribution < 1.29 is 34.3 Å². The molecule has 5 rings (SSSR count). The fraction of sp³-hybridized carbons (Fsp3) is 0.425. The summed E-state index contributed by atoms with van der Waals surface area (Å²) in [6.45, 7) is 8.48. The molecule has 0 spiro atoms. The van der Waals surface area contributed by atoms with E-state index in [9.17, 15) is 25.4 Å². The van der Waals surface area contributed by atoms with Crippen LogP contribution in [0.4, 0.5) is 0 Å². The maximum Gasteiger partial charge on any atom is 0.326 e. The highest BCUT2D eigenvalue weighted by Crippen LogP contribution is 2.52. The number of nitriles is 1. The number of pyridine rings is 1. The van der Waals surface area contributed by atoms with Crippen LogP contribution in [0, 0.1) is 22.2 Å². The highest BCUT2D eigenvalue weighted by Gasteiger charge is 2.48. The topological polar surface area (TPSA) is 157 Å². The third kappa shape index (κ3) is 9.01. The van der Waals surface area contributed by atoms with Crippen LogP contribution < -0.4 is 14.8 Å². The van der Waals surface area contributed by atoms with Crippen molar-refractivity contribution in [2.45, 2.75) is 52.0 Å². The van der Waals surface area contributed by atoms with E-state index in [1.54, 1.807) is 24.4 Å². The van der Waals surface area contributed by atoms with E-state index in [1.807, 2.05) is 24.3 Å². The van der Waals surface area contributed by atoms with Crippen LogP contribution >= 0.6 is 11.6 Å². The van der Waals surface area contributed by atoms with E-state index in [-0.39, 0.29) is 25.9 Å². The number of allylic oxidation sites excluding steroid dienone is 3. The van der Waals surface area contributed by atoms with Crippen LogP contribution in [0.3, 0.4) is 0 Å². The Kier molecular flexibility index (Phi) is 12.8. The van der Waals surface area contributed by atoms with Crippen LogP contribution in [0.15, 0.2) is 79.2 Å². The number of aliphatic hydroxyl groups is 2. The second kappa shape index (κ2) is 17.0. The molecule has 4 N–H and O–H groups in total. The van der Waals surface area contributed by atoms with Crippen LogP contribution in [0.25, 0.3) is 5.57 Å². The lowest BCUT2D eigenvalue weighted by Crippen LogP contribution is -2.52.